The van der Waals surface area contributed by atoms with E-state index in [0.717, 1.165) is 25.3 Å². The first-order valence-corrected chi connectivity index (χ1v) is 6.94. The number of pyridine rings is 1. The van der Waals surface area contributed by atoms with E-state index in [9.17, 15) is 0 Å². The van der Waals surface area contributed by atoms with Gasteiger partial charge in [0.1, 0.15) is 0 Å². The van der Waals surface area contributed by atoms with E-state index in [2.05, 4.69) is 32.4 Å². The maximum Gasteiger partial charge on any atom is 0.280 e. The summed E-state index contributed by atoms with van der Waals surface area (Å²) in [5.41, 5.74) is 1.54. The zero-order chi connectivity index (χ0) is 15.0. The Balaban J connectivity index is 1.55. The van der Waals surface area contributed by atoms with Crippen molar-refractivity contribution in [3.8, 4) is 23.0 Å². The fourth-order valence-corrected chi connectivity index (χ4v) is 2.35. The van der Waals surface area contributed by atoms with Gasteiger partial charge in [0.2, 0.25) is 5.82 Å². The summed E-state index contributed by atoms with van der Waals surface area (Å²) in [5, 5.41) is 12.2. The molecule has 1 saturated heterocycles. The Morgan fingerprint density at radius 2 is 2.09 bits per heavy atom. The Hall–Kier alpha value is -2.61. The topological polar surface area (TPSA) is 91.8 Å². The average molecular weight is 298 g/mol. The lowest BCUT2D eigenvalue weighted by Crippen LogP contribution is -2.43. The Bertz CT molecular complexity index is 777. The van der Waals surface area contributed by atoms with Crippen LogP contribution in [0, 0.1) is 5.41 Å². The van der Waals surface area contributed by atoms with Crippen molar-refractivity contribution in [1.29, 1.82) is 0 Å². The third-order valence-corrected chi connectivity index (χ3v) is 3.57. The number of nitrogens with zero attached hydrogens (tertiary/aromatic N) is 6. The van der Waals surface area contributed by atoms with Gasteiger partial charge in [-0.15, -0.1) is 5.10 Å². The number of hydrogen-bond acceptors (Lipinski definition) is 7. The second kappa shape index (κ2) is 4.99. The molecule has 3 aromatic heterocycles. The molecule has 0 atom stereocenters. The van der Waals surface area contributed by atoms with E-state index < -0.39 is 0 Å². The van der Waals surface area contributed by atoms with Gasteiger partial charge in [0.05, 0.1) is 26.0 Å². The molecule has 8 heteroatoms. The summed E-state index contributed by atoms with van der Waals surface area (Å²) in [6.07, 6.45) is 5.18. The lowest BCUT2D eigenvalue weighted by molar-refractivity contribution is -0.111. The van der Waals surface area contributed by atoms with Gasteiger partial charge in [0.25, 0.3) is 5.89 Å². The van der Waals surface area contributed by atoms with E-state index in [-0.39, 0.29) is 5.41 Å². The highest BCUT2D eigenvalue weighted by Crippen LogP contribution is 2.28. The summed E-state index contributed by atoms with van der Waals surface area (Å²) in [7, 11) is 0. The molecule has 4 rings (SSSR count). The molecule has 4 heterocycles. The molecule has 0 spiro atoms. The van der Waals surface area contributed by atoms with Gasteiger partial charge in [0, 0.05) is 23.4 Å². The minimum Gasteiger partial charge on any atom is -0.380 e. The van der Waals surface area contributed by atoms with Crippen LogP contribution in [0.1, 0.15) is 6.92 Å². The number of rotatable bonds is 4. The standard InChI is InChI=1S/C14H14N6O2/c1-14(8-21-9-14)7-20-6-11(17-19-20)13-16-12(18-22-13)10-2-4-15-5-3-10/h2-6H,7-9H2,1H3. The summed E-state index contributed by atoms with van der Waals surface area (Å²) in [6.45, 7) is 4.40. The van der Waals surface area contributed by atoms with Crippen molar-refractivity contribution in [3.63, 3.8) is 0 Å². The van der Waals surface area contributed by atoms with Gasteiger partial charge in [-0.2, -0.15) is 4.98 Å². The fraction of sp³-hybridized carbons (Fsp3) is 0.357. The molecule has 22 heavy (non-hydrogen) atoms. The number of aromatic nitrogens is 6. The molecule has 1 aliphatic heterocycles. The van der Waals surface area contributed by atoms with Crippen LogP contribution >= 0.6 is 0 Å². The van der Waals surface area contributed by atoms with Crippen LogP contribution in [0.25, 0.3) is 23.0 Å². The second-order valence-corrected chi connectivity index (χ2v) is 5.76. The maximum atomic E-state index is 5.27. The summed E-state index contributed by atoms with van der Waals surface area (Å²) >= 11 is 0. The van der Waals surface area contributed by atoms with Crippen LogP contribution in [-0.2, 0) is 11.3 Å². The molecule has 0 saturated carbocycles. The summed E-state index contributed by atoms with van der Waals surface area (Å²) in [5.74, 6) is 0.861. The monoisotopic (exact) mass is 298 g/mol. The second-order valence-electron chi connectivity index (χ2n) is 5.76. The van der Waals surface area contributed by atoms with Gasteiger partial charge in [-0.3, -0.25) is 9.67 Å². The number of ether oxygens (including phenoxy) is 1. The molecule has 0 N–H and O–H groups in total. The molecule has 0 unspecified atom stereocenters. The molecule has 1 aliphatic rings. The zero-order valence-corrected chi connectivity index (χ0v) is 12.0. The third-order valence-electron chi connectivity index (χ3n) is 3.57. The first kappa shape index (κ1) is 13.1. The van der Waals surface area contributed by atoms with Crippen molar-refractivity contribution in [2.75, 3.05) is 13.2 Å². The van der Waals surface area contributed by atoms with Crippen LogP contribution in [0.15, 0.2) is 35.2 Å². The Kier molecular flexibility index (Phi) is 2.97. The highest BCUT2D eigenvalue weighted by molar-refractivity contribution is 5.56. The Labute approximate surface area is 126 Å². The molecular weight excluding hydrogens is 284 g/mol. The minimum absolute atomic E-state index is 0.127. The highest BCUT2D eigenvalue weighted by atomic mass is 16.5. The summed E-state index contributed by atoms with van der Waals surface area (Å²) < 4.78 is 12.3. The van der Waals surface area contributed by atoms with Gasteiger partial charge in [-0.1, -0.05) is 17.3 Å². The first-order chi connectivity index (χ1) is 10.7. The van der Waals surface area contributed by atoms with Gasteiger partial charge in [0.15, 0.2) is 5.69 Å². The lowest BCUT2D eigenvalue weighted by atomic mass is 9.89. The summed E-state index contributed by atoms with van der Waals surface area (Å²) in [4.78, 5) is 8.31. The van der Waals surface area contributed by atoms with Crippen molar-refractivity contribution < 1.29 is 9.26 Å². The zero-order valence-electron chi connectivity index (χ0n) is 12.0. The molecule has 0 radical (unpaired) electrons. The van der Waals surface area contributed by atoms with E-state index >= 15 is 0 Å². The first-order valence-electron chi connectivity index (χ1n) is 6.94. The molecular formula is C14H14N6O2. The van der Waals surface area contributed by atoms with Crippen LogP contribution in [0.5, 0.6) is 0 Å². The van der Waals surface area contributed by atoms with Gasteiger partial charge in [-0.05, 0) is 12.1 Å². The molecule has 3 aromatic rings. The summed E-state index contributed by atoms with van der Waals surface area (Å²) in [6, 6.07) is 3.64. The average Bonchev–Trinajstić information content (AvgIpc) is 3.15. The lowest BCUT2D eigenvalue weighted by Gasteiger charge is -2.37. The van der Waals surface area contributed by atoms with Crippen LogP contribution in [0.4, 0.5) is 0 Å². The van der Waals surface area contributed by atoms with Crippen LogP contribution in [0.3, 0.4) is 0 Å². The number of hydrogen-bond donors (Lipinski definition) is 0. The normalized spacial score (nSPS) is 16.4. The molecule has 8 nitrogen and oxygen atoms in total. The Morgan fingerprint density at radius 1 is 1.27 bits per heavy atom. The van der Waals surface area contributed by atoms with E-state index in [0.29, 0.717) is 17.4 Å². The van der Waals surface area contributed by atoms with E-state index in [1.165, 1.54) is 0 Å². The fourth-order valence-electron chi connectivity index (χ4n) is 2.35. The van der Waals surface area contributed by atoms with Crippen molar-refractivity contribution in [1.82, 2.24) is 30.1 Å². The van der Waals surface area contributed by atoms with E-state index in [4.69, 9.17) is 9.26 Å². The molecule has 0 bridgehead atoms. The van der Waals surface area contributed by atoms with Gasteiger partial charge >= 0.3 is 0 Å². The van der Waals surface area contributed by atoms with E-state index in [1.807, 2.05) is 18.3 Å². The maximum absolute atomic E-state index is 5.27. The smallest absolute Gasteiger partial charge is 0.280 e. The minimum atomic E-state index is 0.127. The van der Waals surface area contributed by atoms with Crippen LogP contribution < -0.4 is 0 Å². The van der Waals surface area contributed by atoms with Crippen molar-refractivity contribution in [3.05, 3.63) is 30.7 Å². The third kappa shape index (κ3) is 2.37. The molecule has 0 amide bonds. The molecule has 1 fully saturated rings. The Morgan fingerprint density at radius 3 is 2.82 bits per heavy atom. The van der Waals surface area contributed by atoms with E-state index in [1.54, 1.807) is 17.1 Å². The predicted molar refractivity (Wildman–Crippen MR) is 75.5 cm³/mol. The van der Waals surface area contributed by atoms with Gasteiger partial charge < -0.3 is 9.26 Å². The van der Waals surface area contributed by atoms with Gasteiger partial charge in [-0.25, -0.2) is 0 Å². The van der Waals surface area contributed by atoms with Crippen molar-refractivity contribution in [2.24, 2.45) is 5.41 Å². The predicted octanol–water partition coefficient (Wildman–Crippen LogP) is 1.43. The molecule has 0 aliphatic carbocycles. The molecule has 112 valence electrons. The largest absolute Gasteiger partial charge is 0.380 e. The van der Waals surface area contributed by atoms with Crippen LogP contribution in [-0.4, -0.2) is 43.3 Å². The SMILES string of the molecule is CC1(Cn2cc(-c3nc(-c4ccncc4)no3)nn2)COC1. The van der Waals surface area contributed by atoms with Crippen molar-refractivity contribution >= 4 is 0 Å². The quantitative estimate of drug-likeness (QED) is 0.719. The highest BCUT2D eigenvalue weighted by Gasteiger charge is 2.34. The van der Waals surface area contributed by atoms with Crippen LogP contribution in [0.2, 0.25) is 0 Å². The molecule has 0 aromatic carbocycles. The van der Waals surface area contributed by atoms with Crippen molar-refractivity contribution in [2.45, 2.75) is 13.5 Å².